The van der Waals surface area contributed by atoms with E-state index in [1.165, 1.54) is 0 Å². The zero-order valence-corrected chi connectivity index (χ0v) is 10.7. The van der Waals surface area contributed by atoms with Gasteiger partial charge in [-0.3, -0.25) is 4.79 Å². The van der Waals surface area contributed by atoms with Crippen LogP contribution < -0.4 is 15.4 Å². The Morgan fingerprint density at radius 1 is 1.39 bits per heavy atom. The van der Waals surface area contributed by atoms with Crippen LogP contribution in [0, 0.1) is 0 Å². The fraction of sp³-hybridized carbons (Fsp3) is 0.500. The summed E-state index contributed by atoms with van der Waals surface area (Å²) >= 11 is 0. The summed E-state index contributed by atoms with van der Waals surface area (Å²) in [5.41, 5.74) is 0.881. The molecule has 18 heavy (non-hydrogen) atoms. The maximum Gasteiger partial charge on any atom is 0.221 e. The predicted molar refractivity (Wildman–Crippen MR) is 68.8 cm³/mol. The van der Waals surface area contributed by atoms with Gasteiger partial charge in [-0.2, -0.15) is 0 Å². The summed E-state index contributed by atoms with van der Waals surface area (Å²) in [6.07, 6.45) is 2.06. The third-order valence-corrected chi connectivity index (χ3v) is 2.25. The average Bonchev–Trinajstić information content (AvgIpc) is 2.39. The van der Waals surface area contributed by atoms with Gasteiger partial charge in [0.15, 0.2) is 0 Å². The largest absolute Gasteiger partial charge is 0.481 e. The molecule has 0 radical (unpaired) electrons. The van der Waals surface area contributed by atoms with Gasteiger partial charge in [-0.25, -0.2) is 4.98 Å². The van der Waals surface area contributed by atoms with E-state index in [4.69, 9.17) is 9.47 Å². The highest BCUT2D eigenvalue weighted by Crippen LogP contribution is 2.12. The molecule has 6 nitrogen and oxygen atoms in total. The van der Waals surface area contributed by atoms with Crippen molar-refractivity contribution in [1.29, 1.82) is 0 Å². The van der Waals surface area contributed by atoms with Crippen molar-refractivity contribution in [2.45, 2.75) is 6.42 Å². The number of nitrogens with zero attached hydrogens (tertiary/aromatic N) is 1. The number of anilines is 1. The molecule has 0 saturated carbocycles. The van der Waals surface area contributed by atoms with Crippen LogP contribution in [-0.4, -0.2) is 44.8 Å². The lowest BCUT2D eigenvalue weighted by atomic mass is 10.3. The molecule has 0 atom stereocenters. The maximum atomic E-state index is 11.4. The lowest BCUT2D eigenvalue weighted by Crippen LogP contribution is -2.28. The van der Waals surface area contributed by atoms with Crippen LogP contribution in [-0.2, 0) is 9.53 Å². The molecule has 1 rings (SSSR count). The molecule has 0 spiro atoms. The van der Waals surface area contributed by atoms with Crippen molar-refractivity contribution in [3.05, 3.63) is 18.3 Å². The molecule has 0 aliphatic rings. The summed E-state index contributed by atoms with van der Waals surface area (Å²) in [7, 11) is 3.17. The van der Waals surface area contributed by atoms with Crippen LogP contribution in [0.15, 0.2) is 18.3 Å². The Hall–Kier alpha value is -1.82. The molecule has 0 aliphatic heterocycles. The highest BCUT2D eigenvalue weighted by Gasteiger charge is 2.01. The summed E-state index contributed by atoms with van der Waals surface area (Å²) in [6, 6.07) is 3.61. The van der Waals surface area contributed by atoms with Gasteiger partial charge in [-0.1, -0.05) is 0 Å². The molecule has 2 N–H and O–H groups in total. The number of rotatable bonds is 8. The molecule has 1 amide bonds. The molecule has 6 heteroatoms. The van der Waals surface area contributed by atoms with Crippen LogP contribution in [0.5, 0.6) is 5.88 Å². The summed E-state index contributed by atoms with van der Waals surface area (Å²) in [5.74, 6) is 0.546. The maximum absolute atomic E-state index is 11.4. The van der Waals surface area contributed by atoms with Gasteiger partial charge in [0.1, 0.15) is 0 Å². The molecule has 1 heterocycles. The van der Waals surface area contributed by atoms with Crippen LogP contribution in [0.25, 0.3) is 0 Å². The van der Waals surface area contributed by atoms with Crippen LogP contribution >= 0.6 is 0 Å². The van der Waals surface area contributed by atoms with E-state index in [2.05, 4.69) is 15.6 Å². The average molecular weight is 253 g/mol. The number of hydrogen-bond donors (Lipinski definition) is 2. The van der Waals surface area contributed by atoms with Gasteiger partial charge in [0.25, 0.3) is 0 Å². The van der Waals surface area contributed by atoms with Crippen molar-refractivity contribution >= 4 is 11.6 Å². The van der Waals surface area contributed by atoms with Crippen LogP contribution in [0.4, 0.5) is 5.69 Å². The number of hydrogen-bond acceptors (Lipinski definition) is 5. The lowest BCUT2D eigenvalue weighted by molar-refractivity contribution is -0.121. The molecule has 0 saturated heterocycles. The second-order valence-corrected chi connectivity index (χ2v) is 3.61. The standard InChI is InChI=1S/C12H19N3O3/c1-17-8-7-14-11(16)4-6-13-10-3-5-15-12(9-10)18-2/h3,5,9H,4,6-8H2,1-2H3,(H,13,15)(H,14,16). The first kappa shape index (κ1) is 14.2. The fourth-order valence-electron chi connectivity index (χ4n) is 1.33. The molecule has 1 aromatic heterocycles. The van der Waals surface area contributed by atoms with E-state index in [1.807, 2.05) is 6.07 Å². The number of amides is 1. The first-order valence-electron chi connectivity index (χ1n) is 5.76. The monoisotopic (exact) mass is 253 g/mol. The number of carbonyl (C=O) groups excluding carboxylic acids is 1. The molecular formula is C12H19N3O3. The Morgan fingerprint density at radius 2 is 2.22 bits per heavy atom. The number of methoxy groups -OCH3 is 2. The van der Waals surface area contributed by atoms with Crippen molar-refractivity contribution in [3.8, 4) is 5.88 Å². The third kappa shape index (κ3) is 5.49. The minimum Gasteiger partial charge on any atom is -0.481 e. The molecule has 1 aromatic rings. The third-order valence-electron chi connectivity index (χ3n) is 2.25. The Bertz CT molecular complexity index is 371. The van der Waals surface area contributed by atoms with Crippen molar-refractivity contribution in [2.24, 2.45) is 0 Å². The Kier molecular flexibility index (Phi) is 6.56. The van der Waals surface area contributed by atoms with E-state index in [-0.39, 0.29) is 5.91 Å². The topological polar surface area (TPSA) is 72.5 Å². The normalized spacial score (nSPS) is 9.89. The van der Waals surface area contributed by atoms with Crippen molar-refractivity contribution in [3.63, 3.8) is 0 Å². The highest BCUT2D eigenvalue weighted by atomic mass is 16.5. The van der Waals surface area contributed by atoms with Gasteiger partial charge in [0.2, 0.25) is 11.8 Å². The van der Waals surface area contributed by atoms with Gasteiger partial charge < -0.3 is 20.1 Å². The van der Waals surface area contributed by atoms with Gasteiger partial charge >= 0.3 is 0 Å². The Morgan fingerprint density at radius 3 is 2.94 bits per heavy atom. The summed E-state index contributed by atoms with van der Waals surface area (Å²) in [5, 5.41) is 5.88. The number of pyridine rings is 1. The first-order chi connectivity index (χ1) is 8.76. The fourth-order valence-corrected chi connectivity index (χ4v) is 1.33. The molecule has 0 fully saturated rings. The predicted octanol–water partition coefficient (Wildman–Crippen LogP) is 0.655. The summed E-state index contributed by atoms with van der Waals surface area (Å²) < 4.78 is 9.84. The van der Waals surface area contributed by atoms with Crippen LogP contribution in [0.3, 0.4) is 0 Å². The molecule has 0 bridgehead atoms. The molecular weight excluding hydrogens is 234 g/mol. The SMILES string of the molecule is COCCNC(=O)CCNc1ccnc(OC)c1. The van der Waals surface area contributed by atoms with E-state index in [0.29, 0.717) is 32.0 Å². The number of ether oxygens (including phenoxy) is 2. The van der Waals surface area contributed by atoms with Crippen LogP contribution in [0.1, 0.15) is 6.42 Å². The highest BCUT2D eigenvalue weighted by molar-refractivity contribution is 5.76. The van der Waals surface area contributed by atoms with E-state index >= 15 is 0 Å². The van der Waals surface area contributed by atoms with E-state index < -0.39 is 0 Å². The zero-order chi connectivity index (χ0) is 13.2. The summed E-state index contributed by atoms with van der Waals surface area (Å²) in [4.78, 5) is 15.4. The molecule has 0 aliphatic carbocycles. The molecule has 0 aromatic carbocycles. The number of aromatic nitrogens is 1. The lowest BCUT2D eigenvalue weighted by Gasteiger charge is -2.08. The van der Waals surface area contributed by atoms with E-state index in [9.17, 15) is 4.79 Å². The smallest absolute Gasteiger partial charge is 0.221 e. The second-order valence-electron chi connectivity index (χ2n) is 3.61. The van der Waals surface area contributed by atoms with E-state index in [0.717, 1.165) is 5.69 Å². The van der Waals surface area contributed by atoms with Crippen molar-refractivity contribution in [1.82, 2.24) is 10.3 Å². The number of nitrogens with one attached hydrogen (secondary N) is 2. The molecule has 0 unspecified atom stereocenters. The number of carbonyl (C=O) groups is 1. The minimum absolute atomic E-state index is 0.000529. The Labute approximate surface area is 107 Å². The van der Waals surface area contributed by atoms with Gasteiger partial charge in [-0.05, 0) is 6.07 Å². The van der Waals surface area contributed by atoms with Gasteiger partial charge in [0, 0.05) is 44.6 Å². The van der Waals surface area contributed by atoms with E-state index in [1.54, 1.807) is 26.5 Å². The van der Waals surface area contributed by atoms with Gasteiger partial charge in [0.05, 0.1) is 13.7 Å². The minimum atomic E-state index is 0.000529. The van der Waals surface area contributed by atoms with Gasteiger partial charge in [-0.15, -0.1) is 0 Å². The van der Waals surface area contributed by atoms with Crippen molar-refractivity contribution < 1.29 is 14.3 Å². The zero-order valence-electron chi connectivity index (χ0n) is 10.7. The van der Waals surface area contributed by atoms with Crippen molar-refractivity contribution in [2.75, 3.05) is 39.2 Å². The van der Waals surface area contributed by atoms with Crippen LogP contribution in [0.2, 0.25) is 0 Å². The quantitative estimate of drug-likeness (QED) is 0.666. The second kappa shape index (κ2) is 8.30. The molecule has 100 valence electrons. The Balaban J connectivity index is 2.22. The first-order valence-corrected chi connectivity index (χ1v) is 5.76. The summed E-state index contributed by atoms with van der Waals surface area (Å²) in [6.45, 7) is 1.63.